The van der Waals surface area contributed by atoms with Crippen LogP contribution >= 0.6 is 0 Å². The fourth-order valence-corrected chi connectivity index (χ4v) is 3.15. The molecule has 0 radical (unpaired) electrons. The second kappa shape index (κ2) is 6.75. The van der Waals surface area contributed by atoms with E-state index in [0.29, 0.717) is 11.1 Å². The minimum Gasteiger partial charge on any atom is -0.444 e. The van der Waals surface area contributed by atoms with Gasteiger partial charge in [-0.25, -0.2) is 18.5 Å². The van der Waals surface area contributed by atoms with Gasteiger partial charge in [-0.2, -0.15) is 0 Å². The number of amides is 1. The Kier molecular flexibility index (Phi) is 4.25. The number of aryl methyl sites for hydroxylation is 1. The molecule has 1 aliphatic rings. The lowest BCUT2D eigenvalue weighted by Crippen LogP contribution is -2.25. The van der Waals surface area contributed by atoms with E-state index in [1.54, 1.807) is 18.2 Å². The number of aromatic nitrogens is 1. The Morgan fingerprint density at radius 3 is 2.86 bits per heavy atom. The number of carbonyl (C=O) groups excluding carboxylic acids is 1. The molecule has 0 N–H and O–H groups in total. The van der Waals surface area contributed by atoms with Gasteiger partial charge < -0.3 is 9.15 Å². The molecule has 3 aromatic rings. The molecule has 0 saturated carbocycles. The van der Waals surface area contributed by atoms with E-state index < -0.39 is 23.8 Å². The molecule has 0 aliphatic carbocycles. The van der Waals surface area contributed by atoms with Crippen molar-refractivity contribution in [3.05, 3.63) is 68.8 Å². The van der Waals surface area contributed by atoms with Crippen LogP contribution in [0.5, 0.6) is 0 Å². The Labute approximate surface area is 157 Å². The average Bonchev–Trinajstić information content (AvgIpc) is 3.18. The van der Waals surface area contributed by atoms with Gasteiger partial charge in [0.25, 0.3) is 0 Å². The summed E-state index contributed by atoms with van der Waals surface area (Å²) in [6, 6.07) is 9.23. The van der Waals surface area contributed by atoms with Crippen molar-refractivity contribution in [2.75, 3.05) is 18.0 Å². The van der Waals surface area contributed by atoms with Crippen LogP contribution in [0.3, 0.4) is 0 Å². The molecule has 0 spiro atoms. The predicted molar refractivity (Wildman–Crippen MR) is 98.1 cm³/mol. The van der Waals surface area contributed by atoms with E-state index in [4.69, 9.17) is 14.7 Å². The molecular weight excluding hydrogens is 369 g/mol. The van der Waals surface area contributed by atoms with Gasteiger partial charge in [-0.3, -0.25) is 4.90 Å². The molecule has 2 aromatic carbocycles. The minimum absolute atomic E-state index is 0.00484. The van der Waals surface area contributed by atoms with Crippen LogP contribution < -0.4 is 10.7 Å². The second-order valence-electron chi connectivity index (χ2n) is 6.34. The van der Waals surface area contributed by atoms with Gasteiger partial charge in [-0.1, -0.05) is 11.2 Å². The number of fused-ring (bicyclic) bond motifs is 1. The van der Waals surface area contributed by atoms with Crippen LogP contribution in [-0.2, 0) is 4.74 Å². The highest BCUT2D eigenvalue weighted by Gasteiger charge is 2.32. The van der Waals surface area contributed by atoms with E-state index in [-0.39, 0.29) is 24.5 Å². The van der Waals surface area contributed by atoms with Crippen molar-refractivity contribution < 1.29 is 18.3 Å². The molecule has 1 saturated heterocycles. The number of azide groups is 1. The molecule has 1 unspecified atom stereocenters. The van der Waals surface area contributed by atoms with E-state index >= 15 is 0 Å². The highest BCUT2D eigenvalue weighted by molar-refractivity contribution is 5.90. The summed E-state index contributed by atoms with van der Waals surface area (Å²) in [6.07, 6.45) is -1.26. The van der Waals surface area contributed by atoms with Crippen molar-refractivity contribution >= 4 is 22.9 Å². The van der Waals surface area contributed by atoms with E-state index in [1.807, 2.05) is 6.92 Å². The summed E-state index contributed by atoms with van der Waals surface area (Å²) in [4.78, 5) is 28.1. The van der Waals surface area contributed by atoms with Gasteiger partial charge in [0.2, 0.25) is 0 Å². The third-order valence-electron chi connectivity index (χ3n) is 4.44. The summed E-state index contributed by atoms with van der Waals surface area (Å²) in [6.45, 7) is 1.98. The largest absolute Gasteiger partial charge is 0.444 e. The first-order valence-electron chi connectivity index (χ1n) is 8.39. The van der Waals surface area contributed by atoms with Crippen LogP contribution in [-0.4, -0.2) is 29.9 Å². The normalized spacial score (nSPS) is 16.3. The Morgan fingerprint density at radius 1 is 1.29 bits per heavy atom. The molecule has 1 fully saturated rings. The maximum Gasteiger partial charge on any atom is 0.424 e. The first-order chi connectivity index (χ1) is 13.5. The van der Waals surface area contributed by atoms with Gasteiger partial charge >= 0.3 is 11.8 Å². The SMILES string of the molecule is Cc1ccc2c(c1)oc(=O)n2-c1ccc(N2CC(CN=[N+]=[N-])OC2=O)cc1F. The van der Waals surface area contributed by atoms with Crippen LogP contribution in [0.15, 0.2) is 50.7 Å². The molecule has 1 aromatic heterocycles. The number of anilines is 1. The monoisotopic (exact) mass is 383 g/mol. The zero-order chi connectivity index (χ0) is 19.8. The number of ether oxygens (including phenoxy) is 1. The van der Waals surface area contributed by atoms with Gasteiger partial charge in [0.1, 0.15) is 11.9 Å². The number of benzene rings is 2. The molecule has 0 bridgehead atoms. The fraction of sp³-hybridized carbons (Fsp3) is 0.222. The second-order valence-corrected chi connectivity index (χ2v) is 6.34. The van der Waals surface area contributed by atoms with Gasteiger partial charge in [0.15, 0.2) is 5.58 Å². The number of hydrogen-bond acceptors (Lipinski definition) is 5. The van der Waals surface area contributed by atoms with Gasteiger partial charge in [-0.15, -0.1) is 0 Å². The van der Waals surface area contributed by atoms with Crippen molar-refractivity contribution in [3.8, 4) is 5.69 Å². The molecule has 10 heteroatoms. The number of hydrogen-bond donors (Lipinski definition) is 0. The van der Waals surface area contributed by atoms with Gasteiger partial charge in [-0.05, 0) is 48.4 Å². The summed E-state index contributed by atoms with van der Waals surface area (Å²) >= 11 is 0. The van der Waals surface area contributed by atoms with E-state index in [1.165, 1.54) is 17.0 Å². The van der Waals surface area contributed by atoms with Crippen LogP contribution in [0.25, 0.3) is 27.2 Å². The van der Waals surface area contributed by atoms with Gasteiger partial charge in [0, 0.05) is 4.91 Å². The Bertz CT molecular complexity index is 1190. The van der Waals surface area contributed by atoms with Crippen molar-refractivity contribution in [1.29, 1.82) is 0 Å². The van der Waals surface area contributed by atoms with Crippen LogP contribution in [0, 0.1) is 12.7 Å². The number of nitrogens with zero attached hydrogens (tertiary/aromatic N) is 5. The van der Waals surface area contributed by atoms with Crippen LogP contribution in [0.4, 0.5) is 14.9 Å². The molecule has 2 heterocycles. The Balaban J connectivity index is 1.70. The summed E-state index contributed by atoms with van der Waals surface area (Å²) in [7, 11) is 0. The molecule has 1 atom stereocenters. The Morgan fingerprint density at radius 2 is 2.11 bits per heavy atom. The summed E-state index contributed by atoms with van der Waals surface area (Å²) in [5.74, 6) is -1.41. The number of oxazole rings is 1. The zero-order valence-corrected chi connectivity index (χ0v) is 14.7. The first-order valence-corrected chi connectivity index (χ1v) is 8.39. The van der Waals surface area contributed by atoms with E-state index in [2.05, 4.69) is 10.0 Å². The summed E-state index contributed by atoms with van der Waals surface area (Å²) in [5, 5.41) is 3.38. The van der Waals surface area contributed by atoms with Crippen molar-refractivity contribution in [3.63, 3.8) is 0 Å². The standard InChI is InChI=1S/C18H14FN5O4/c1-10-2-4-15-16(6-10)28-18(26)24(15)14-5-3-11(7-13(14)19)23-9-12(8-21-22-20)27-17(23)25/h2-7,12H,8-9H2,1H3. The van der Waals surface area contributed by atoms with Crippen molar-refractivity contribution in [2.45, 2.75) is 13.0 Å². The highest BCUT2D eigenvalue weighted by atomic mass is 19.1. The molecule has 9 nitrogen and oxygen atoms in total. The van der Waals surface area contributed by atoms with Crippen molar-refractivity contribution in [2.24, 2.45) is 5.11 Å². The molecule has 1 aliphatic heterocycles. The quantitative estimate of drug-likeness (QED) is 0.388. The van der Waals surface area contributed by atoms with E-state index in [9.17, 15) is 14.0 Å². The molecule has 142 valence electrons. The smallest absolute Gasteiger partial charge is 0.424 e. The maximum absolute atomic E-state index is 14.8. The number of rotatable bonds is 4. The predicted octanol–water partition coefficient (Wildman–Crippen LogP) is 3.67. The lowest BCUT2D eigenvalue weighted by atomic mass is 10.2. The lowest BCUT2D eigenvalue weighted by molar-refractivity contribution is 0.145. The highest BCUT2D eigenvalue weighted by Crippen LogP contribution is 2.27. The van der Waals surface area contributed by atoms with Crippen LogP contribution in [0.1, 0.15) is 5.56 Å². The van der Waals surface area contributed by atoms with E-state index in [0.717, 1.165) is 16.2 Å². The molecule has 28 heavy (non-hydrogen) atoms. The fourth-order valence-electron chi connectivity index (χ4n) is 3.15. The minimum atomic E-state index is -0.706. The third kappa shape index (κ3) is 2.95. The van der Waals surface area contributed by atoms with Crippen LogP contribution in [0.2, 0.25) is 0 Å². The number of carbonyl (C=O) groups is 1. The number of halogens is 1. The summed E-state index contributed by atoms with van der Waals surface area (Å²) < 4.78 is 26.3. The molecular formula is C18H14FN5O4. The molecule has 1 amide bonds. The van der Waals surface area contributed by atoms with Crippen molar-refractivity contribution in [1.82, 2.24) is 4.57 Å². The topological polar surface area (TPSA) is 113 Å². The maximum atomic E-state index is 14.8. The lowest BCUT2D eigenvalue weighted by Gasteiger charge is -2.14. The Hall–Kier alpha value is -3.78. The molecule has 4 rings (SSSR count). The number of cyclic esters (lactones) is 1. The zero-order valence-electron chi connectivity index (χ0n) is 14.7. The average molecular weight is 383 g/mol. The summed E-state index contributed by atoms with van der Waals surface area (Å²) in [5.41, 5.74) is 10.4. The first kappa shape index (κ1) is 17.6. The third-order valence-corrected chi connectivity index (χ3v) is 4.44. The van der Waals surface area contributed by atoms with Gasteiger partial charge in [0.05, 0.1) is 30.0 Å².